The van der Waals surface area contributed by atoms with Crippen molar-refractivity contribution in [2.75, 3.05) is 24.5 Å². The van der Waals surface area contributed by atoms with Crippen LogP contribution in [0.1, 0.15) is 31.7 Å². The molecule has 0 amide bonds. The summed E-state index contributed by atoms with van der Waals surface area (Å²) in [7, 11) is 0. The van der Waals surface area contributed by atoms with E-state index in [2.05, 4.69) is 47.9 Å². The van der Waals surface area contributed by atoms with Gasteiger partial charge in [0, 0.05) is 30.9 Å². The molecule has 0 radical (unpaired) electrons. The van der Waals surface area contributed by atoms with E-state index in [1.54, 1.807) is 0 Å². The summed E-state index contributed by atoms with van der Waals surface area (Å²) >= 11 is 0. The highest BCUT2D eigenvalue weighted by Crippen LogP contribution is 2.28. The number of benzene rings is 1. The second-order valence-corrected chi connectivity index (χ2v) is 5.98. The highest BCUT2D eigenvalue weighted by molar-refractivity contribution is 5.49. The van der Waals surface area contributed by atoms with Gasteiger partial charge in [-0.1, -0.05) is 24.1 Å². The van der Waals surface area contributed by atoms with Gasteiger partial charge >= 0.3 is 0 Å². The lowest BCUT2D eigenvalue weighted by molar-refractivity contribution is 0.115. The highest BCUT2D eigenvalue weighted by Gasteiger charge is 2.32. The summed E-state index contributed by atoms with van der Waals surface area (Å²) in [6.45, 7) is 8.29. The first-order chi connectivity index (χ1) is 8.74. The monoisotopic (exact) mass is 244 g/mol. The third-order valence-electron chi connectivity index (χ3n) is 4.55. The molecule has 0 aromatic heterocycles. The first-order valence-corrected chi connectivity index (χ1v) is 7.31. The van der Waals surface area contributed by atoms with Gasteiger partial charge in [-0.15, -0.1) is 0 Å². The Morgan fingerprint density at radius 3 is 2.61 bits per heavy atom. The van der Waals surface area contributed by atoms with Crippen LogP contribution < -0.4 is 4.90 Å². The Labute approximate surface area is 111 Å². The van der Waals surface area contributed by atoms with Crippen LogP contribution in [0.5, 0.6) is 0 Å². The second kappa shape index (κ2) is 4.93. The molecule has 2 heterocycles. The summed E-state index contributed by atoms with van der Waals surface area (Å²) in [5, 5.41) is 0. The maximum atomic E-state index is 2.71. The molecule has 2 aliphatic rings. The fourth-order valence-electron chi connectivity index (χ4n) is 3.45. The molecule has 2 unspecified atom stereocenters. The lowest BCUT2D eigenvalue weighted by Gasteiger charge is -2.48. The molecular weight excluding hydrogens is 220 g/mol. The zero-order valence-electron chi connectivity index (χ0n) is 11.6. The number of piperazine rings is 1. The van der Waals surface area contributed by atoms with Crippen LogP contribution in [-0.2, 0) is 0 Å². The van der Waals surface area contributed by atoms with Gasteiger partial charge in [0.25, 0.3) is 0 Å². The highest BCUT2D eigenvalue weighted by atomic mass is 15.3. The molecular formula is C16H24N2. The molecule has 1 aromatic carbocycles. The fraction of sp³-hybridized carbons (Fsp3) is 0.625. The van der Waals surface area contributed by atoms with Crippen molar-refractivity contribution >= 4 is 5.69 Å². The smallest absolute Gasteiger partial charge is 0.0389 e. The van der Waals surface area contributed by atoms with Crippen LogP contribution in [0.4, 0.5) is 5.69 Å². The molecule has 1 aromatic rings. The Bertz CT molecular complexity index is 398. The van der Waals surface area contributed by atoms with Crippen LogP contribution in [0.2, 0.25) is 0 Å². The molecule has 0 N–H and O–H groups in total. The topological polar surface area (TPSA) is 6.48 Å². The summed E-state index contributed by atoms with van der Waals surface area (Å²) in [6.07, 6.45) is 4.19. The molecule has 2 fully saturated rings. The van der Waals surface area contributed by atoms with Gasteiger partial charge in [-0.05, 0) is 45.4 Å². The van der Waals surface area contributed by atoms with Crippen LogP contribution >= 0.6 is 0 Å². The van der Waals surface area contributed by atoms with E-state index in [1.807, 2.05) is 0 Å². The lowest BCUT2D eigenvalue weighted by atomic mass is 9.96. The van der Waals surface area contributed by atoms with Crippen LogP contribution in [0.25, 0.3) is 0 Å². The van der Waals surface area contributed by atoms with Crippen molar-refractivity contribution in [2.24, 2.45) is 0 Å². The zero-order chi connectivity index (χ0) is 12.5. The van der Waals surface area contributed by atoms with E-state index in [9.17, 15) is 0 Å². The maximum absolute atomic E-state index is 2.71. The van der Waals surface area contributed by atoms with Gasteiger partial charge in [-0.25, -0.2) is 0 Å². The molecule has 2 heteroatoms. The van der Waals surface area contributed by atoms with E-state index in [0.29, 0.717) is 6.04 Å². The molecule has 2 saturated heterocycles. The molecule has 0 bridgehead atoms. The van der Waals surface area contributed by atoms with E-state index in [0.717, 1.165) is 6.04 Å². The van der Waals surface area contributed by atoms with Crippen LogP contribution in [0.15, 0.2) is 24.3 Å². The Hall–Kier alpha value is -1.02. The third kappa shape index (κ3) is 2.26. The largest absolute Gasteiger partial charge is 0.366 e. The average molecular weight is 244 g/mol. The van der Waals surface area contributed by atoms with E-state index in [1.165, 1.54) is 50.1 Å². The number of hydrogen-bond acceptors (Lipinski definition) is 2. The summed E-state index contributed by atoms with van der Waals surface area (Å²) in [5.41, 5.74) is 2.75. The molecule has 0 aliphatic carbocycles. The lowest BCUT2D eigenvalue weighted by Crippen LogP contribution is -2.58. The van der Waals surface area contributed by atoms with Crippen molar-refractivity contribution in [3.63, 3.8) is 0 Å². The van der Waals surface area contributed by atoms with Gasteiger partial charge in [0.1, 0.15) is 0 Å². The molecule has 0 saturated carbocycles. The van der Waals surface area contributed by atoms with Gasteiger partial charge in [0.2, 0.25) is 0 Å². The average Bonchev–Trinajstić information content (AvgIpc) is 2.39. The van der Waals surface area contributed by atoms with Crippen molar-refractivity contribution < 1.29 is 0 Å². The zero-order valence-corrected chi connectivity index (χ0v) is 11.6. The molecule has 98 valence electrons. The quantitative estimate of drug-likeness (QED) is 0.749. The minimum Gasteiger partial charge on any atom is -0.366 e. The SMILES string of the molecule is Cc1ccc(N2CC3CCCCN3CC2C)cc1. The molecule has 3 rings (SSSR count). The fourth-order valence-corrected chi connectivity index (χ4v) is 3.45. The van der Waals surface area contributed by atoms with Gasteiger partial charge in [-0.3, -0.25) is 4.90 Å². The van der Waals surface area contributed by atoms with E-state index in [4.69, 9.17) is 0 Å². The first-order valence-electron chi connectivity index (χ1n) is 7.31. The minimum absolute atomic E-state index is 0.641. The normalized spacial score (nSPS) is 29.1. The van der Waals surface area contributed by atoms with Crippen LogP contribution in [0, 0.1) is 6.92 Å². The Morgan fingerprint density at radius 1 is 1.06 bits per heavy atom. The van der Waals surface area contributed by atoms with Gasteiger partial charge in [0.05, 0.1) is 0 Å². The molecule has 2 aliphatic heterocycles. The van der Waals surface area contributed by atoms with E-state index < -0.39 is 0 Å². The molecule has 0 spiro atoms. The number of anilines is 1. The summed E-state index contributed by atoms with van der Waals surface area (Å²) in [4.78, 5) is 5.31. The Kier molecular flexibility index (Phi) is 3.29. The number of hydrogen-bond donors (Lipinski definition) is 0. The van der Waals surface area contributed by atoms with E-state index in [-0.39, 0.29) is 0 Å². The van der Waals surface area contributed by atoms with Crippen molar-refractivity contribution in [1.29, 1.82) is 0 Å². The Morgan fingerprint density at radius 2 is 1.83 bits per heavy atom. The van der Waals surface area contributed by atoms with Crippen molar-refractivity contribution in [1.82, 2.24) is 4.90 Å². The number of piperidine rings is 1. The number of rotatable bonds is 1. The number of fused-ring (bicyclic) bond motifs is 1. The van der Waals surface area contributed by atoms with Crippen molar-refractivity contribution in [2.45, 2.75) is 45.2 Å². The van der Waals surface area contributed by atoms with Crippen LogP contribution in [0.3, 0.4) is 0 Å². The molecule has 2 atom stereocenters. The van der Waals surface area contributed by atoms with Gasteiger partial charge < -0.3 is 4.90 Å². The second-order valence-electron chi connectivity index (χ2n) is 5.98. The summed E-state index contributed by atoms with van der Waals surface area (Å²) in [6, 6.07) is 10.5. The third-order valence-corrected chi connectivity index (χ3v) is 4.55. The number of aryl methyl sites for hydroxylation is 1. The first kappa shape index (κ1) is 12.0. The van der Waals surface area contributed by atoms with Crippen molar-refractivity contribution in [3.05, 3.63) is 29.8 Å². The number of nitrogens with zero attached hydrogens (tertiary/aromatic N) is 2. The van der Waals surface area contributed by atoms with Crippen molar-refractivity contribution in [3.8, 4) is 0 Å². The van der Waals surface area contributed by atoms with Crippen LogP contribution in [-0.4, -0.2) is 36.6 Å². The predicted octanol–water partition coefficient (Wildman–Crippen LogP) is 3.06. The maximum Gasteiger partial charge on any atom is 0.0389 e. The van der Waals surface area contributed by atoms with E-state index >= 15 is 0 Å². The van der Waals surface area contributed by atoms with Gasteiger partial charge in [-0.2, -0.15) is 0 Å². The Balaban J connectivity index is 1.77. The van der Waals surface area contributed by atoms with Gasteiger partial charge in [0.15, 0.2) is 0 Å². The standard InChI is InChI=1S/C16H24N2/c1-13-6-8-15(9-7-13)18-12-16-5-3-4-10-17(16)11-14(18)2/h6-9,14,16H,3-5,10-12H2,1-2H3. The summed E-state index contributed by atoms with van der Waals surface area (Å²) in [5.74, 6) is 0. The minimum atomic E-state index is 0.641. The summed E-state index contributed by atoms with van der Waals surface area (Å²) < 4.78 is 0. The molecule has 18 heavy (non-hydrogen) atoms. The predicted molar refractivity (Wildman–Crippen MR) is 77.2 cm³/mol. The molecule has 2 nitrogen and oxygen atoms in total.